The Labute approximate surface area is 560 Å². The molecule has 0 spiro atoms. The molecule has 0 amide bonds. The van der Waals surface area contributed by atoms with Crippen LogP contribution in [0.3, 0.4) is 0 Å². The van der Waals surface area contributed by atoms with E-state index in [1.165, 1.54) is 6.08 Å². The van der Waals surface area contributed by atoms with Gasteiger partial charge in [0.2, 0.25) is 0 Å². The lowest BCUT2D eigenvalue weighted by atomic mass is 9.94. The fourth-order valence-electron chi connectivity index (χ4n) is 12.3. The first-order chi connectivity index (χ1) is 48.2. The average Bonchev–Trinajstić information content (AvgIpc) is 0.777. The second-order valence-corrected chi connectivity index (χ2v) is 23.4. The molecule has 1 aromatic rings. The fraction of sp³-hybridized carbons (Fsp3) is 0.843. The predicted octanol–water partition coefficient (Wildman–Crippen LogP) is -3.27. The highest BCUT2D eigenvalue weighted by molar-refractivity contribution is 5.48. The molecular formula is C51H71N21O28. The van der Waals surface area contributed by atoms with Gasteiger partial charge in [-0.25, -0.2) is 0 Å². The Morgan fingerprint density at radius 1 is 0.290 bits per heavy atom. The van der Waals surface area contributed by atoms with E-state index in [1.807, 2.05) is 0 Å². The molecule has 21 fully saturated rings. The van der Waals surface area contributed by atoms with Crippen LogP contribution in [-0.4, -0.2) is 334 Å². The third kappa shape index (κ3) is 17.7. The lowest BCUT2D eigenvalue weighted by molar-refractivity contribution is -0.392. The standard InChI is InChI=1S/C51H71N21O28/c52-66-59-9-17-37-24(73)30(79)46(87-17)95-39-19(11-61-68-54)89-48(32(81)26(39)75)97-41-21(13-63-70-56)91-50(34(83)28(41)77)99-43-23(15-65-72-58)93-51(44(36(43)85)86-8-4-7-16-5-2-1-3-6-16)100-42-22(14-64-71-57)92-49(35(84)29(42)78)98-40-20(12-62-69-55)90-47(33(82)27(40)76)96-38-18(10-60-67-53)88-45(94-37)31(80)25(38)74/h1-7,17-51,73-85H,8-15H2/b7-4+/t17-,18-,19-,20-,21-,22-,23-,24-,25-,26-,27-,28-,29-,30-,31-,32-,33-,34-,35-,36+,37-,38-,39-,40-,41-,42-,43-,44-,45-,46-,47-,48-,49-,50-,51-/m1/s1. The van der Waals surface area contributed by atoms with Gasteiger partial charge in [-0.2, -0.15) is 0 Å². The van der Waals surface area contributed by atoms with Gasteiger partial charge in [0.15, 0.2) is 44.0 Å². The molecule has 100 heavy (non-hydrogen) atoms. The van der Waals surface area contributed by atoms with Crippen LogP contribution in [0.4, 0.5) is 0 Å². The summed E-state index contributed by atoms with van der Waals surface area (Å²) in [7, 11) is 0. The van der Waals surface area contributed by atoms with Crippen LogP contribution in [0, 0.1) is 0 Å². The van der Waals surface area contributed by atoms with Gasteiger partial charge in [0.05, 0.1) is 95.1 Å². The lowest BCUT2D eigenvalue weighted by Crippen LogP contribution is -2.68. The monoisotopic (exact) mass is 1430 g/mol. The molecule has 0 aliphatic carbocycles. The van der Waals surface area contributed by atoms with Crippen molar-refractivity contribution in [3.05, 3.63) is 115 Å². The zero-order valence-corrected chi connectivity index (χ0v) is 51.7. The van der Waals surface area contributed by atoms with Crippen molar-refractivity contribution in [3.63, 3.8) is 0 Å². The molecule has 21 heterocycles. The van der Waals surface area contributed by atoms with Gasteiger partial charge in [0, 0.05) is 34.4 Å². The molecule has 35 atom stereocenters. The number of hydrogen-bond acceptors (Lipinski definition) is 35. The summed E-state index contributed by atoms with van der Waals surface area (Å²) in [6.07, 6.45) is -69.1. The molecule has 21 saturated heterocycles. The molecule has 49 heteroatoms. The summed E-state index contributed by atoms with van der Waals surface area (Å²) in [5, 5.41) is 179. The number of nitrogens with zero attached hydrogens (tertiary/aromatic N) is 21. The average molecular weight is 1430 g/mol. The van der Waals surface area contributed by atoms with Gasteiger partial charge in [0.25, 0.3) is 0 Å². The minimum absolute atomic E-state index is 0.393. The van der Waals surface area contributed by atoms with Crippen LogP contribution in [0.25, 0.3) is 79.2 Å². The summed E-state index contributed by atoms with van der Waals surface area (Å²) >= 11 is 0. The second-order valence-electron chi connectivity index (χ2n) is 23.4. The molecule has 21 aliphatic rings. The first-order valence-corrected chi connectivity index (χ1v) is 30.6. The normalized spacial score (nSPS) is 44.5. The van der Waals surface area contributed by atoms with Crippen LogP contribution >= 0.6 is 0 Å². The number of hydrogen-bond donors (Lipinski definition) is 13. The number of benzene rings is 1. The van der Waals surface area contributed by atoms with Gasteiger partial charge in [-0.05, 0) is 44.3 Å². The smallest absolute Gasteiger partial charge is 0.187 e. The van der Waals surface area contributed by atoms with Crippen molar-refractivity contribution in [3.8, 4) is 0 Å². The molecule has 0 unspecified atom stereocenters. The molecule has 0 radical (unpaired) electrons. The molecule has 0 saturated carbocycles. The van der Waals surface area contributed by atoms with Crippen molar-refractivity contribution in [1.82, 2.24) is 0 Å². The van der Waals surface area contributed by atoms with Gasteiger partial charge >= 0.3 is 0 Å². The van der Waals surface area contributed by atoms with E-state index < -0.39 is 267 Å². The molecule has 1 aromatic carbocycles. The Bertz CT molecular complexity index is 3240. The van der Waals surface area contributed by atoms with Crippen molar-refractivity contribution < 1.29 is 137 Å². The molecule has 548 valence electrons. The van der Waals surface area contributed by atoms with E-state index in [0.717, 1.165) is 0 Å². The summed E-state index contributed by atoms with van der Waals surface area (Å²) in [6.45, 7) is -5.95. The summed E-state index contributed by atoms with van der Waals surface area (Å²) in [5.74, 6) is 0. The summed E-state index contributed by atoms with van der Waals surface area (Å²) in [6, 6.07) is 8.71. The zero-order chi connectivity index (χ0) is 71.9. The van der Waals surface area contributed by atoms with E-state index >= 15 is 0 Å². The van der Waals surface area contributed by atoms with E-state index in [0.29, 0.717) is 5.56 Å². The Kier molecular flexibility index (Phi) is 28.0. The van der Waals surface area contributed by atoms with Crippen molar-refractivity contribution in [2.24, 2.45) is 35.8 Å². The van der Waals surface area contributed by atoms with Gasteiger partial charge in [-0.15, -0.1) is 0 Å². The van der Waals surface area contributed by atoms with E-state index in [9.17, 15) is 105 Å². The topological polar surface area (TPSA) is 743 Å². The third-order valence-electron chi connectivity index (χ3n) is 17.3. The maximum atomic E-state index is 12.5. The SMILES string of the molecule is [N-]=[N+]=NC[C@H]1O[C@@H]2O[C@H]3[C@H](O)[C@@H](O)[C@@H](O[C@H]4[C@H](O)[C@@H](O)[C@@H](O[C@H]5[C@H](O)[C@@H](OC/C=C/c6ccccc6)[C@@H](O[C@H]6[C@H](O)[C@@H](O)[C@@H](O[C@H]7[C@H](O)[C@@H](O)[C@@H](O[C@H]8[C@H](O)[C@@H](O)[C@@H](O[C@H]1[C@H](O)[C@H]2O)O[C@@H]8CN=[N+]=[N-])O[C@@H]7CN=[N+]=[N-])O[C@@H]6CN=[N+]=[N-])O[C@@H]5CN=[N+]=[N-])O[C@@H]4CN=[N+]=[N-])O[C@@H]3CN=[N+]=[N-]. The molecule has 0 aromatic heterocycles. The summed E-state index contributed by atoms with van der Waals surface area (Å²) in [4.78, 5) is 19.0. The molecular weight excluding hydrogens is 1350 g/mol. The van der Waals surface area contributed by atoms with Crippen LogP contribution < -0.4 is 0 Å². The quantitative estimate of drug-likeness (QED) is 0.0390. The third-order valence-corrected chi connectivity index (χ3v) is 17.3. The van der Waals surface area contributed by atoms with E-state index in [2.05, 4.69) is 70.2 Å². The van der Waals surface area contributed by atoms with Crippen molar-refractivity contribution >= 4 is 6.08 Å². The minimum atomic E-state index is -2.31. The Morgan fingerprint density at radius 3 is 0.730 bits per heavy atom. The van der Waals surface area contributed by atoms with E-state index in [1.54, 1.807) is 36.4 Å². The second kappa shape index (κ2) is 36.2. The van der Waals surface area contributed by atoms with Gasteiger partial charge in [0.1, 0.15) is 128 Å². The number of aliphatic hydroxyl groups excluding tert-OH is 13. The number of ether oxygens (including phenoxy) is 15. The van der Waals surface area contributed by atoms with Crippen molar-refractivity contribution in [2.45, 2.75) is 215 Å². The van der Waals surface area contributed by atoms with Crippen LogP contribution in [-0.2, 0) is 71.1 Å². The molecule has 13 N–H and O–H groups in total. The van der Waals surface area contributed by atoms with E-state index in [-0.39, 0.29) is 0 Å². The number of azide groups is 7. The van der Waals surface area contributed by atoms with Crippen LogP contribution in [0.2, 0.25) is 0 Å². The Morgan fingerprint density at radius 2 is 0.500 bits per heavy atom. The number of aliphatic hydroxyl groups is 13. The molecule has 22 rings (SSSR count). The lowest BCUT2D eigenvalue weighted by Gasteiger charge is -2.50. The van der Waals surface area contributed by atoms with E-state index in [4.69, 9.17) is 71.1 Å². The highest BCUT2D eigenvalue weighted by atomic mass is 16.8. The Hall–Kier alpha value is -6.99. The van der Waals surface area contributed by atoms with Gasteiger partial charge in [-0.1, -0.05) is 78.3 Å². The van der Waals surface area contributed by atoms with Crippen molar-refractivity contribution in [2.75, 3.05) is 52.4 Å². The summed E-state index contributed by atoms with van der Waals surface area (Å²) < 4.78 is 90.6. The van der Waals surface area contributed by atoms with Crippen molar-refractivity contribution in [1.29, 1.82) is 0 Å². The molecule has 49 nitrogen and oxygen atoms in total. The first-order valence-electron chi connectivity index (χ1n) is 30.6. The fourth-order valence-corrected chi connectivity index (χ4v) is 12.3. The molecule has 14 bridgehead atoms. The summed E-state index contributed by atoms with van der Waals surface area (Å²) in [5.41, 5.74) is 66.9. The highest BCUT2D eigenvalue weighted by Gasteiger charge is 2.60. The number of rotatable bonds is 18. The molecule has 21 aliphatic heterocycles. The maximum absolute atomic E-state index is 12.5. The zero-order valence-electron chi connectivity index (χ0n) is 51.7. The minimum Gasteiger partial charge on any atom is -0.387 e. The van der Waals surface area contributed by atoms with Gasteiger partial charge < -0.3 is 137 Å². The predicted molar refractivity (Wildman–Crippen MR) is 316 cm³/mol. The van der Waals surface area contributed by atoms with Gasteiger partial charge in [-0.3, -0.25) is 0 Å². The largest absolute Gasteiger partial charge is 0.387 e. The van der Waals surface area contributed by atoms with Crippen LogP contribution in [0.15, 0.2) is 72.2 Å². The first kappa shape index (κ1) is 77.2. The Balaban J connectivity index is 1.10. The maximum Gasteiger partial charge on any atom is 0.187 e. The highest BCUT2D eigenvalue weighted by Crippen LogP contribution is 2.40. The van der Waals surface area contributed by atoms with Crippen LogP contribution in [0.1, 0.15) is 5.56 Å². The van der Waals surface area contributed by atoms with Crippen LogP contribution in [0.5, 0.6) is 0 Å².